The van der Waals surface area contributed by atoms with E-state index >= 15 is 0 Å². The standard InChI is InChI=1S/C28H37ClN2O3/c1-2-34-25(32)14-21-16-28(24-4-3-22(29)15-23(21)24)5-7-31(8-6-28)27(33)30-26-19-10-17-9-18(12-19)13-20(26)11-17/h3-4,15,17-21,26H,2,5-14,16H2,1H3,(H,30,33). The summed E-state index contributed by atoms with van der Waals surface area (Å²) in [5, 5.41) is 4.21. The van der Waals surface area contributed by atoms with Crippen LogP contribution in [0.15, 0.2) is 18.2 Å². The first-order valence-corrected chi connectivity index (χ1v) is 13.8. The molecule has 34 heavy (non-hydrogen) atoms. The van der Waals surface area contributed by atoms with Crippen molar-refractivity contribution in [1.29, 1.82) is 0 Å². The van der Waals surface area contributed by atoms with Crippen LogP contribution in [0.5, 0.6) is 0 Å². The summed E-state index contributed by atoms with van der Waals surface area (Å²) in [5.41, 5.74) is 2.55. The van der Waals surface area contributed by atoms with Gasteiger partial charge in [0.15, 0.2) is 0 Å². The first kappa shape index (κ1) is 22.7. The summed E-state index contributed by atoms with van der Waals surface area (Å²) in [4.78, 5) is 27.6. The molecule has 1 aromatic rings. The lowest BCUT2D eigenvalue weighted by Crippen LogP contribution is -2.59. The maximum atomic E-state index is 13.3. The molecule has 7 rings (SSSR count). The SMILES string of the molecule is CCOC(=O)CC1CC2(CCN(C(=O)NC3C4CC5CC(C4)CC3C5)CC2)c2ccc(Cl)cc21. The maximum Gasteiger partial charge on any atom is 0.317 e. The molecule has 0 radical (unpaired) electrons. The number of ether oxygens (including phenoxy) is 1. The second kappa shape index (κ2) is 8.72. The van der Waals surface area contributed by atoms with Crippen molar-refractivity contribution in [2.24, 2.45) is 23.7 Å². The Morgan fingerprint density at radius 1 is 1.09 bits per heavy atom. The van der Waals surface area contributed by atoms with E-state index < -0.39 is 0 Å². The molecule has 0 aromatic heterocycles. The molecule has 4 bridgehead atoms. The van der Waals surface area contributed by atoms with E-state index in [1.807, 2.05) is 24.0 Å². The Kier molecular flexibility index (Phi) is 5.82. The summed E-state index contributed by atoms with van der Waals surface area (Å²) >= 11 is 6.35. The normalized spacial score (nSPS) is 34.8. The summed E-state index contributed by atoms with van der Waals surface area (Å²) < 4.78 is 5.25. The Hall–Kier alpha value is -1.75. The van der Waals surface area contributed by atoms with E-state index in [4.69, 9.17) is 16.3 Å². The summed E-state index contributed by atoms with van der Waals surface area (Å²) in [6.07, 6.45) is 9.94. The molecule has 184 valence electrons. The maximum absolute atomic E-state index is 13.3. The zero-order valence-corrected chi connectivity index (χ0v) is 21.0. The lowest BCUT2D eigenvalue weighted by Gasteiger charge is -2.54. The Balaban J connectivity index is 1.12. The zero-order chi connectivity index (χ0) is 23.4. The summed E-state index contributed by atoms with van der Waals surface area (Å²) in [6, 6.07) is 6.71. The van der Waals surface area contributed by atoms with E-state index in [0.717, 1.165) is 49.2 Å². The van der Waals surface area contributed by atoms with Gasteiger partial charge in [-0.3, -0.25) is 4.79 Å². The number of esters is 1. The highest BCUT2D eigenvalue weighted by atomic mass is 35.5. The largest absolute Gasteiger partial charge is 0.466 e. The molecule has 1 N–H and O–H groups in total. The highest BCUT2D eigenvalue weighted by molar-refractivity contribution is 6.30. The van der Waals surface area contributed by atoms with Crippen molar-refractivity contribution in [1.82, 2.24) is 10.2 Å². The molecule has 1 aliphatic heterocycles. The minimum atomic E-state index is -0.136. The van der Waals surface area contributed by atoms with E-state index in [1.54, 1.807) is 0 Å². The Labute approximate surface area is 207 Å². The van der Waals surface area contributed by atoms with Gasteiger partial charge in [0.25, 0.3) is 0 Å². The Morgan fingerprint density at radius 3 is 2.41 bits per heavy atom. The molecule has 5 nitrogen and oxygen atoms in total. The number of carbonyl (C=O) groups excluding carboxylic acids is 2. The molecule has 6 aliphatic rings. The molecule has 1 saturated heterocycles. The van der Waals surface area contributed by atoms with Gasteiger partial charge in [0.05, 0.1) is 13.0 Å². The molecule has 4 saturated carbocycles. The van der Waals surface area contributed by atoms with E-state index in [0.29, 0.717) is 30.9 Å². The average Bonchev–Trinajstić information content (AvgIpc) is 3.08. The molecule has 1 spiro atoms. The molecule has 2 amide bonds. The summed E-state index contributed by atoms with van der Waals surface area (Å²) in [7, 11) is 0. The number of hydrogen-bond donors (Lipinski definition) is 1. The van der Waals surface area contributed by atoms with Gasteiger partial charge < -0.3 is 15.0 Å². The molecular formula is C28H37ClN2O3. The number of nitrogens with zero attached hydrogens (tertiary/aromatic N) is 1. The van der Waals surface area contributed by atoms with Gasteiger partial charge in [0.1, 0.15) is 0 Å². The number of halogens is 1. The number of likely N-dealkylation sites (tertiary alicyclic amines) is 1. The van der Waals surface area contributed by atoms with Gasteiger partial charge in [-0.15, -0.1) is 0 Å². The van der Waals surface area contributed by atoms with Gasteiger partial charge >= 0.3 is 12.0 Å². The van der Waals surface area contributed by atoms with Crippen LogP contribution in [0, 0.1) is 23.7 Å². The van der Waals surface area contributed by atoms with Crippen LogP contribution in [0.2, 0.25) is 5.02 Å². The average molecular weight is 485 g/mol. The molecular weight excluding hydrogens is 448 g/mol. The number of hydrogen-bond acceptors (Lipinski definition) is 3. The number of piperidine rings is 1. The van der Waals surface area contributed by atoms with E-state index in [2.05, 4.69) is 11.4 Å². The van der Waals surface area contributed by atoms with Crippen LogP contribution < -0.4 is 5.32 Å². The minimum Gasteiger partial charge on any atom is -0.466 e. The van der Waals surface area contributed by atoms with Gasteiger partial charge in [-0.1, -0.05) is 17.7 Å². The minimum absolute atomic E-state index is 0.0243. The molecule has 6 heteroatoms. The number of benzene rings is 1. The highest BCUT2D eigenvalue weighted by Crippen LogP contribution is 2.55. The second-order valence-corrected chi connectivity index (χ2v) is 12.3. The van der Waals surface area contributed by atoms with E-state index in [9.17, 15) is 9.59 Å². The number of carbonyl (C=O) groups is 2. The van der Waals surface area contributed by atoms with E-state index in [-0.39, 0.29) is 23.3 Å². The fourth-order valence-electron chi connectivity index (χ4n) is 8.66. The predicted molar refractivity (Wildman–Crippen MR) is 132 cm³/mol. The zero-order valence-electron chi connectivity index (χ0n) is 20.2. The molecule has 1 heterocycles. The Morgan fingerprint density at radius 2 is 1.76 bits per heavy atom. The van der Waals surface area contributed by atoms with Crippen LogP contribution in [0.25, 0.3) is 0 Å². The number of amides is 2. The summed E-state index contributed by atoms with van der Waals surface area (Å²) in [5.74, 6) is 3.25. The number of rotatable bonds is 4. The van der Waals surface area contributed by atoms with Crippen molar-refractivity contribution in [3.05, 3.63) is 34.3 Å². The van der Waals surface area contributed by atoms with Gasteiger partial charge in [0, 0.05) is 24.2 Å². The van der Waals surface area contributed by atoms with Crippen LogP contribution in [0.1, 0.15) is 81.8 Å². The van der Waals surface area contributed by atoms with Crippen molar-refractivity contribution in [3.63, 3.8) is 0 Å². The molecule has 1 aromatic carbocycles. The second-order valence-electron chi connectivity index (χ2n) is 11.8. The third-order valence-electron chi connectivity index (χ3n) is 9.90. The fraction of sp³-hybridized carbons (Fsp3) is 0.714. The van der Waals surface area contributed by atoms with Crippen molar-refractivity contribution >= 4 is 23.6 Å². The first-order chi connectivity index (χ1) is 16.4. The lowest BCUT2D eigenvalue weighted by molar-refractivity contribution is -0.143. The fourth-order valence-corrected chi connectivity index (χ4v) is 8.84. The molecule has 1 unspecified atom stereocenters. The van der Waals surface area contributed by atoms with Crippen molar-refractivity contribution in [3.8, 4) is 0 Å². The van der Waals surface area contributed by atoms with Gasteiger partial charge in [-0.05, 0) is 117 Å². The van der Waals surface area contributed by atoms with Crippen molar-refractivity contribution < 1.29 is 14.3 Å². The van der Waals surface area contributed by atoms with Crippen molar-refractivity contribution in [2.45, 2.75) is 82.1 Å². The highest BCUT2D eigenvalue weighted by Gasteiger charge is 2.50. The first-order valence-electron chi connectivity index (χ1n) is 13.4. The topological polar surface area (TPSA) is 58.6 Å². The van der Waals surface area contributed by atoms with Crippen LogP contribution >= 0.6 is 11.6 Å². The number of urea groups is 1. The van der Waals surface area contributed by atoms with Gasteiger partial charge in [0.2, 0.25) is 0 Å². The van der Waals surface area contributed by atoms with Crippen molar-refractivity contribution in [2.75, 3.05) is 19.7 Å². The Bertz CT molecular complexity index is 942. The lowest BCUT2D eigenvalue weighted by atomic mass is 9.54. The molecule has 5 fully saturated rings. The van der Waals surface area contributed by atoms with Crippen LogP contribution in [0.3, 0.4) is 0 Å². The van der Waals surface area contributed by atoms with Crippen LogP contribution in [0.4, 0.5) is 4.79 Å². The third kappa shape index (κ3) is 3.92. The number of fused-ring (bicyclic) bond motifs is 2. The van der Waals surface area contributed by atoms with Crippen LogP contribution in [-0.4, -0.2) is 42.6 Å². The van der Waals surface area contributed by atoms with Gasteiger partial charge in [-0.2, -0.15) is 0 Å². The molecule has 5 aliphatic carbocycles. The molecule has 1 atom stereocenters. The number of nitrogens with one attached hydrogen (secondary N) is 1. The van der Waals surface area contributed by atoms with E-state index in [1.165, 1.54) is 43.2 Å². The smallest absolute Gasteiger partial charge is 0.317 e. The summed E-state index contributed by atoms with van der Waals surface area (Å²) in [6.45, 7) is 3.80. The predicted octanol–water partition coefficient (Wildman–Crippen LogP) is 5.65. The quantitative estimate of drug-likeness (QED) is 0.562. The monoisotopic (exact) mass is 484 g/mol. The van der Waals surface area contributed by atoms with Gasteiger partial charge in [-0.25, -0.2) is 4.79 Å². The third-order valence-corrected chi connectivity index (χ3v) is 10.1. The van der Waals surface area contributed by atoms with Crippen LogP contribution in [-0.2, 0) is 14.9 Å².